The van der Waals surface area contributed by atoms with Crippen LogP contribution in [0, 0.1) is 5.41 Å². The molecule has 2 aromatic rings. The molecule has 134 valence electrons. The number of nitrogens with one attached hydrogen (secondary N) is 1. The Balaban J connectivity index is 0.00000182. The van der Waals surface area contributed by atoms with Gasteiger partial charge in [0.15, 0.2) is 0 Å². The molecule has 25 heavy (non-hydrogen) atoms. The van der Waals surface area contributed by atoms with Crippen molar-refractivity contribution in [3.8, 4) is 0 Å². The van der Waals surface area contributed by atoms with Crippen LogP contribution < -0.4 is 5.32 Å². The number of halogens is 2. The first kappa shape index (κ1) is 18.7. The van der Waals surface area contributed by atoms with Crippen LogP contribution in [-0.4, -0.2) is 37.0 Å². The van der Waals surface area contributed by atoms with E-state index in [4.69, 9.17) is 0 Å². The fourth-order valence-corrected chi connectivity index (χ4v) is 4.55. The summed E-state index contributed by atoms with van der Waals surface area (Å²) in [5.74, 6) is 0.184. The molecule has 2 fully saturated rings. The highest BCUT2D eigenvalue weighted by Crippen LogP contribution is 2.39. The first-order valence-electron chi connectivity index (χ1n) is 8.85. The summed E-state index contributed by atoms with van der Waals surface area (Å²) in [5, 5.41) is 5.73. The highest BCUT2D eigenvalue weighted by molar-refractivity contribution is 9.10. The first-order valence-corrected chi connectivity index (χ1v) is 9.64. The molecular formula is C20H24BrClN2O. The molecule has 2 aliphatic rings. The van der Waals surface area contributed by atoms with Crippen LogP contribution in [-0.2, 0) is 0 Å². The normalized spacial score (nSPS) is 19.6. The summed E-state index contributed by atoms with van der Waals surface area (Å²) < 4.78 is 1.07. The second-order valence-corrected chi connectivity index (χ2v) is 8.16. The highest BCUT2D eigenvalue weighted by atomic mass is 79.9. The van der Waals surface area contributed by atoms with Crippen LogP contribution in [0.15, 0.2) is 40.9 Å². The lowest BCUT2D eigenvalue weighted by Crippen LogP contribution is -2.47. The highest BCUT2D eigenvalue weighted by Gasteiger charge is 2.36. The molecule has 2 saturated heterocycles. The zero-order valence-electron chi connectivity index (χ0n) is 14.3. The molecule has 0 aromatic heterocycles. The van der Waals surface area contributed by atoms with E-state index < -0.39 is 0 Å². The number of carbonyl (C=O) groups is 1. The van der Waals surface area contributed by atoms with Gasteiger partial charge in [0.05, 0.1) is 0 Å². The van der Waals surface area contributed by atoms with Crippen LogP contribution in [0.4, 0.5) is 0 Å². The van der Waals surface area contributed by atoms with E-state index in [-0.39, 0.29) is 18.3 Å². The van der Waals surface area contributed by atoms with Gasteiger partial charge in [-0.3, -0.25) is 4.79 Å². The van der Waals surface area contributed by atoms with E-state index in [0.29, 0.717) is 5.41 Å². The Bertz CT molecular complexity index is 763. The van der Waals surface area contributed by atoms with Crippen molar-refractivity contribution in [1.82, 2.24) is 10.2 Å². The maximum atomic E-state index is 12.9. The van der Waals surface area contributed by atoms with Crippen LogP contribution in [0.1, 0.15) is 36.0 Å². The summed E-state index contributed by atoms with van der Waals surface area (Å²) in [4.78, 5) is 14.9. The number of likely N-dealkylation sites (tertiary alicyclic amines) is 1. The number of hydrogen-bond acceptors (Lipinski definition) is 2. The van der Waals surface area contributed by atoms with Crippen molar-refractivity contribution in [2.45, 2.75) is 25.7 Å². The molecule has 0 saturated carbocycles. The number of fused-ring (bicyclic) bond motifs is 1. The number of piperidine rings is 2. The zero-order chi connectivity index (χ0) is 16.6. The minimum absolute atomic E-state index is 0. The van der Waals surface area contributed by atoms with Gasteiger partial charge in [0.1, 0.15) is 0 Å². The molecule has 2 heterocycles. The molecule has 0 atom stereocenters. The van der Waals surface area contributed by atoms with Crippen LogP contribution >= 0.6 is 28.3 Å². The van der Waals surface area contributed by atoms with E-state index in [0.717, 1.165) is 59.8 Å². The fraction of sp³-hybridized carbons (Fsp3) is 0.450. The Labute approximate surface area is 163 Å². The van der Waals surface area contributed by atoms with Gasteiger partial charge in [0.25, 0.3) is 5.91 Å². The van der Waals surface area contributed by atoms with Gasteiger partial charge >= 0.3 is 0 Å². The van der Waals surface area contributed by atoms with Gasteiger partial charge < -0.3 is 10.2 Å². The van der Waals surface area contributed by atoms with Crippen molar-refractivity contribution >= 4 is 45.0 Å². The van der Waals surface area contributed by atoms with Gasteiger partial charge in [-0.05, 0) is 79.2 Å². The molecule has 1 N–H and O–H groups in total. The average Bonchev–Trinajstić information content (AvgIpc) is 2.62. The molecule has 5 heteroatoms. The molecule has 0 radical (unpaired) electrons. The van der Waals surface area contributed by atoms with E-state index in [1.807, 2.05) is 29.2 Å². The standard InChI is InChI=1S/C20H23BrN2O.ClH/c21-18-4-3-15-13-17(2-1-16(15)14-18)19(24)23-11-7-20(8-12-23)5-9-22-10-6-20;/h1-4,13-14,22H,5-12H2;1H. The van der Waals surface area contributed by atoms with Gasteiger partial charge in [-0.1, -0.05) is 28.1 Å². The van der Waals surface area contributed by atoms with Crippen molar-refractivity contribution in [3.05, 3.63) is 46.4 Å². The summed E-state index contributed by atoms with van der Waals surface area (Å²) in [5.41, 5.74) is 1.30. The largest absolute Gasteiger partial charge is 0.339 e. The molecule has 3 nitrogen and oxygen atoms in total. The number of rotatable bonds is 1. The lowest BCUT2D eigenvalue weighted by atomic mass is 9.71. The minimum Gasteiger partial charge on any atom is -0.339 e. The quantitative estimate of drug-likeness (QED) is 0.725. The lowest BCUT2D eigenvalue weighted by Gasteiger charge is -2.44. The summed E-state index contributed by atoms with van der Waals surface area (Å²) >= 11 is 3.50. The molecule has 0 bridgehead atoms. The zero-order valence-corrected chi connectivity index (χ0v) is 16.7. The number of carbonyl (C=O) groups excluding carboxylic acids is 1. The molecule has 2 aromatic carbocycles. The Kier molecular flexibility index (Phi) is 5.71. The Hall–Kier alpha value is -1.10. The molecular weight excluding hydrogens is 400 g/mol. The van der Waals surface area contributed by atoms with Gasteiger partial charge in [-0.15, -0.1) is 12.4 Å². The lowest BCUT2D eigenvalue weighted by molar-refractivity contribution is 0.0496. The SMILES string of the molecule is Cl.O=C(c1ccc2cc(Br)ccc2c1)N1CCC2(CCNCC2)CC1. The third-order valence-electron chi connectivity index (χ3n) is 5.82. The molecule has 0 aliphatic carbocycles. The Morgan fingerprint density at radius 1 is 0.960 bits per heavy atom. The van der Waals surface area contributed by atoms with E-state index in [1.165, 1.54) is 12.8 Å². The maximum absolute atomic E-state index is 12.9. The van der Waals surface area contributed by atoms with Crippen molar-refractivity contribution in [3.63, 3.8) is 0 Å². The molecule has 4 rings (SSSR count). The van der Waals surface area contributed by atoms with Gasteiger partial charge in [-0.25, -0.2) is 0 Å². The summed E-state index contributed by atoms with van der Waals surface area (Å²) in [6.45, 7) is 4.07. The fourth-order valence-electron chi connectivity index (χ4n) is 4.17. The third-order valence-corrected chi connectivity index (χ3v) is 6.32. The van der Waals surface area contributed by atoms with Crippen molar-refractivity contribution in [1.29, 1.82) is 0 Å². The van der Waals surface area contributed by atoms with Crippen LogP contribution in [0.5, 0.6) is 0 Å². The Morgan fingerprint density at radius 2 is 1.60 bits per heavy atom. The topological polar surface area (TPSA) is 32.3 Å². The van der Waals surface area contributed by atoms with Crippen molar-refractivity contribution in [2.75, 3.05) is 26.2 Å². The smallest absolute Gasteiger partial charge is 0.253 e. The minimum atomic E-state index is 0. The third kappa shape index (κ3) is 3.86. The predicted octanol–water partition coefficient (Wildman–Crippen LogP) is 4.63. The summed E-state index contributed by atoms with van der Waals surface area (Å²) in [6, 6.07) is 12.2. The van der Waals surface area contributed by atoms with Crippen LogP contribution in [0.3, 0.4) is 0 Å². The first-order chi connectivity index (χ1) is 11.7. The van der Waals surface area contributed by atoms with Gasteiger partial charge in [0, 0.05) is 23.1 Å². The second-order valence-electron chi connectivity index (χ2n) is 7.25. The number of hydrogen-bond donors (Lipinski definition) is 1. The van der Waals surface area contributed by atoms with Crippen molar-refractivity contribution in [2.24, 2.45) is 5.41 Å². The molecule has 0 unspecified atom stereocenters. The van der Waals surface area contributed by atoms with E-state index in [2.05, 4.69) is 33.4 Å². The number of amides is 1. The maximum Gasteiger partial charge on any atom is 0.253 e. The molecule has 2 aliphatic heterocycles. The summed E-state index contributed by atoms with van der Waals surface area (Å²) in [6.07, 6.45) is 4.83. The van der Waals surface area contributed by atoms with E-state index >= 15 is 0 Å². The number of benzene rings is 2. The van der Waals surface area contributed by atoms with Crippen LogP contribution in [0.25, 0.3) is 10.8 Å². The summed E-state index contributed by atoms with van der Waals surface area (Å²) in [7, 11) is 0. The van der Waals surface area contributed by atoms with Gasteiger partial charge in [0.2, 0.25) is 0 Å². The van der Waals surface area contributed by atoms with Gasteiger partial charge in [-0.2, -0.15) is 0 Å². The molecule has 1 amide bonds. The molecule has 1 spiro atoms. The predicted molar refractivity (Wildman–Crippen MR) is 109 cm³/mol. The monoisotopic (exact) mass is 422 g/mol. The average molecular weight is 424 g/mol. The Morgan fingerprint density at radius 3 is 2.32 bits per heavy atom. The van der Waals surface area contributed by atoms with Crippen molar-refractivity contribution < 1.29 is 4.79 Å². The van der Waals surface area contributed by atoms with Crippen LogP contribution in [0.2, 0.25) is 0 Å². The second kappa shape index (κ2) is 7.65. The van der Waals surface area contributed by atoms with E-state index in [9.17, 15) is 4.79 Å². The van der Waals surface area contributed by atoms with E-state index in [1.54, 1.807) is 0 Å². The number of nitrogens with zero attached hydrogens (tertiary/aromatic N) is 1.